The molecule has 0 aromatic rings. The summed E-state index contributed by atoms with van der Waals surface area (Å²) in [6.45, 7) is 8.47. The summed E-state index contributed by atoms with van der Waals surface area (Å²) in [5.74, 6) is 0. The molecule has 0 amide bonds. The van der Waals surface area contributed by atoms with Crippen molar-refractivity contribution in [1.29, 1.82) is 0 Å². The van der Waals surface area contributed by atoms with Gasteiger partial charge in [-0.3, -0.25) is 0 Å². The van der Waals surface area contributed by atoms with Gasteiger partial charge in [0.25, 0.3) is 0 Å². The molecule has 1 saturated heterocycles. The highest BCUT2D eigenvalue weighted by Crippen LogP contribution is 2.06. The Morgan fingerprint density at radius 3 is 2.50 bits per heavy atom. The van der Waals surface area contributed by atoms with Crippen molar-refractivity contribution in [3.8, 4) is 0 Å². The van der Waals surface area contributed by atoms with E-state index in [9.17, 15) is 0 Å². The van der Waals surface area contributed by atoms with Crippen LogP contribution >= 0.6 is 0 Å². The highest BCUT2D eigenvalue weighted by molar-refractivity contribution is 4.66. The molecule has 18 heavy (non-hydrogen) atoms. The Bertz CT molecular complexity index is 173. The maximum atomic E-state index is 5.41. The second-order valence-electron chi connectivity index (χ2n) is 4.96. The fourth-order valence-electron chi connectivity index (χ4n) is 2.26. The van der Waals surface area contributed by atoms with E-state index in [1.54, 1.807) is 7.11 Å². The molecule has 1 heterocycles. The maximum absolute atomic E-state index is 5.41. The molecule has 0 spiro atoms. The van der Waals surface area contributed by atoms with E-state index in [2.05, 4.69) is 10.2 Å². The molecule has 1 aliphatic heterocycles. The van der Waals surface area contributed by atoms with Crippen LogP contribution in [0.25, 0.3) is 0 Å². The SMILES string of the molecule is COCCOCCCCNCCCN1CCCC1. The van der Waals surface area contributed by atoms with E-state index in [4.69, 9.17) is 9.47 Å². The molecule has 0 atom stereocenters. The van der Waals surface area contributed by atoms with E-state index in [1.807, 2.05) is 0 Å². The van der Waals surface area contributed by atoms with Crippen molar-refractivity contribution in [2.45, 2.75) is 32.1 Å². The van der Waals surface area contributed by atoms with Gasteiger partial charge < -0.3 is 19.7 Å². The Morgan fingerprint density at radius 1 is 0.944 bits per heavy atom. The summed E-state index contributed by atoms with van der Waals surface area (Å²) in [6.07, 6.45) is 6.43. The number of nitrogens with one attached hydrogen (secondary N) is 1. The lowest BCUT2D eigenvalue weighted by molar-refractivity contribution is 0.0688. The van der Waals surface area contributed by atoms with Gasteiger partial charge in [-0.15, -0.1) is 0 Å². The monoisotopic (exact) mass is 258 g/mol. The van der Waals surface area contributed by atoms with E-state index in [1.165, 1.54) is 45.3 Å². The third-order valence-corrected chi connectivity index (χ3v) is 3.35. The first kappa shape index (κ1) is 15.9. The van der Waals surface area contributed by atoms with Gasteiger partial charge in [0, 0.05) is 13.7 Å². The highest BCUT2D eigenvalue weighted by Gasteiger charge is 2.09. The van der Waals surface area contributed by atoms with Crippen LogP contribution in [-0.2, 0) is 9.47 Å². The predicted octanol–water partition coefficient (Wildman–Crippen LogP) is 1.51. The smallest absolute Gasteiger partial charge is 0.0700 e. The van der Waals surface area contributed by atoms with Crippen molar-refractivity contribution in [3.63, 3.8) is 0 Å². The first-order valence-electron chi connectivity index (χ1n) is 7.43. The lowest BCUT2D eigenvalue weighted by Gasteiger charge is -2.14. The van der Waals surface area contributed by atoms with Gasteiger partial charge in [-0.05, 0) is 64.8 Å². The number of ether oxygens (including phenoxy) is 2. The lowest BCUT2D eigenvalue weighted by Crippen LogP contribution is -2.25. The zero-order valence-electron chi connectivity index (χ0n) is 12.0. The Morgan fingerprint density at radius 2 is 1.72 bits per heavy atom. The molecule has 0 aromatic carbocycles. The van der Waals surface area contributed by atoms with E-state index in [-0.39, 0.29) is 0 Å². The van der Waals surface area contributed by atoms with Crippen LogP contribution in [0.15, 0.2) is 0 Å². The molecule has 4 heteroatoms. The van der Waals surface area contributed by atoms with Crippen molar-refractivity contribution in [2.75, 3.05) is 59.7 Å². The van der Waals surface area contributed by atoms with E-state index in [0.717, 1.165) is 32.7 Å². The van der Waals surface area contributed by atoms with Crippen LogP contribution in [0.4, 0.5) is 0 Å². The molecular formula is C14H30N2O2. The normalized spacial score (nSPS) is 16.5. The van der Waals surface area contributed by atoms with Gasteiger partial charge in [-0.25, -0.2) is 0 Å². The maximum Gasteiger partial charge on any atom is 0.0700 e. The summed E-state index contributed by atoms with van der Waals surface area (Å²) in [5.41, 5.74) is 0. The summed E-state index contributed by atoms with van der Waals surface area (Å²) < 4.78 is 10.3. The molecule has 0 bridgehead atoms. The Hall–Kier alpha value is -0.160. The molecule has 1 N–H and O–H groups in total. The minimum absolute atomic E-state index is 0.703. The summed E-state index contributed by atoms with van der Waals surface area (Å²) >= 11 is 0. The molecule has 0 radical (unpaired) electrons. The fourth-order valence-corrected chi connectivity index (χ4v) is 2.26. The van der Waals surface area contributed by atoms with Crippen molar-refractivity contribution in [1.82, 2.24) is 10.2 Å². The summed E-state index contributed by atoms with van der Waals surface area (Å²) in [6, 6.07) is 0. The van der Waals surface area contributed by atoms with Gasteiger partial charge >= 0.3 is 0 Å². The number of likely N-dealkylation sites (tertiary alicyclic amines) is 1. The van der Waals surface area contributed by atoms with Crippen molar-refractivity contribution < 1.29 is 9.47 Å². The van der Waals surface area contributed by atoms with E-state index < -0.39 is 0 Å². The first-order valence-corrected chi connectivity index (χ1v) is 7.43. The first-order chi connectivity index (χ1) is 8.93. The highest BCUT2D eigenvalue weighted by atomic mass is 16.5. The molecule has 1 rings (SSSR count). The van der Waals surface area contributed by atoms with Gasteiger partial charge in [0.15, 0.2) is 0 Å². The average molecular weight is 258 g/mol. The molecule has 0 saturated carbocycles. The van der Waals surface area contributed by atoms with Crippen molar-refractivity contribution in [3.05, 3.63) is 0 Å². The number of nitrogens with zero attached hydrogens (tertiary/aromatic N) is 1. The third kappa shape index (κ3) is 8.86. The Labute approximate surface area is 112 Å². The van der Waals surface area contributed by atoms with Crippen molar-refractivity contribution in [2.24, 2.45) is 0 Å². The summed E-state index contributed by atoms with van der Waals surface area (Å²) in [5, 5.41) is 3.50. The number of unbranched alkanes of at least 4 members (excludes halogenated alkanes) is 1. The number of rotatable bonds is 12. The van der Waals surface area contributed by atoms with Crippen LogP contribution in [0, 0.1) is 0 Å². The van der Waals surface area contributed by atoms with Gasteiger partial charge in [0.2, 0.25) is 0 Å². The van der Waals surface area contributed by atoms with Gasteiger partial charge in [-0.1, -0.05) is 0 Å². The Balaban J connectivity index is 1.68. The van der Waals surface area contributed by atoms with Crippen LogP contribution in [0.2, 0.25) is 0 Å². The largest absolute Gasteiger partial charge is 0.382 e. The molecular weight excluding hydrogens is 228 g/mol. The summed E-state index contributed by atoms with van der Waals surface area (Å²) in [7, 11) is 1.70. The average Bonchev–Trinajstić information content (AvgIpc) is 2.89. The second-order valence-corrected chi connectivity index (χ2v) is 4.96. The molecule has 1 fully saturated rings. The fraction of sp³-hybridized carbons (Fsp3) is 1.00. The van der Waals surface area contributed by atoms with Gasteiger partial charge in [-0.2, -0.15) is 0 Å². The number of hydrogen-bond donors (Lipinski definition) is 1. The lowest BCUT2D eigenvalue weighted by atomic mass is 10.3. The van der Waals surface area contributed by atoms with Crippen LogP contribution in [-0.4, -0.2) is 64.6 Å². The number of hydrogen-bond acceptors (Lipinski definition) is 4. The van der Waals surface area contributed by atoms with Crippen LogP contribution in [0.3, 0.4) is 0 Å². The van der Waals surface area contributed by atoms with Crippen LogP contribution in [0.5, 0.6) is 0 Å². The minimum atomic E-state index is 0.703. The van der Waals surface area contributed by atoms with Crippen LogP contribution in [0.1, 0.15) is 32.1 Å². The van der Waals surface area contributed by atoms with Crippen molar-refractivity contribution >= 4 is 0 Å². The third-order valence-electron chi connectivity index (χ3n) is 3.35. The second kappa shape index (κ2) is 11.9. The molecule has 0 aromatic heterocycles. The summed E-state index contributed by atoms with van der Waals surface area (Å²) in [4.78, 5) is 2.57. The molecule has 108 valence electrons. The standard InChI is InChI=1S/C14H30N2O2/c1-17-13-14-18-12-5-2-7-15-8-6-11-16-9-3-4-10-16/h15H,2-14H2,1H3. The molecule has 1 aliphatic rings. The van der Waals surface area contributed by atoms with Crippen LogP contribution < -0.4 is 5.32 Å². The van der Waals surface area contributed by atoms with E-state index >= 15 is 0 Å². The predicted molar refractivity (Wildman–Crippen MR) is 75.1 cm³/mol. The van der Waals surface area contributed by atoms with E-state index in [0.29, 0.717) is 6.61 Å². The zero-order valence-corrected chi connectivity index (χ0v) is 12.0. The molecule has 0 unspecified atom stereocenters. The quantitative estimate of drug-likeness (QED) is 0.538. The number of methoxy groups -OCH3 is 1. The zero-order chi connectivity index (χ0) is 12.9. The van der Waals surface area contributed by atoms with Gasteiger partial charge in [0.1, 0.15) is 0 Å². The van der Waals surface area contributed by atoms with Gasteiger partial charge in [0.05, 0.1) is 13.2 Å². The minimum Gasteiger partial charge on any atom is -0.382 e. The molecule has 0 aliphatic carbocycles. The Kier molecular flexibility index (Phi) is 10.5. The molecule has 4 nitrogen and oxygen atoms in total. The topological polar surface area (TPSA) is 33.7 Å².